The van der Waals surface area contributed by atoms with Crippen molar-refractivity contribution in [1.82, 2.24) is 19.5 Å². The standard InChI is InChI=1S/C11H12N4O2S/c16-18(17,11-12-8-13-14-11)15-6-5-9-3-1-2-4-10(9)7-15/h1-4,8H,5-7H2,(H,12,13,14). The molecule has 1 aliphatic heterocycles. The summed E-state index contributed by atoms with van der Waals surface area (Å²) in [5, 5.41) is 5.90. The lowest BCUT2D eigenvalue weighted by Gasteiger charge is -2.26. The molecule has 0 saturated heterocycles. The van der Waals surface area contributed by atoms with Gasteiger partial charge in [-0.2, -0.15) is 9.40 Å². The molecule has 2 heterocycles. The number of nitrogens with one attached hydrogen (secondary N) is 1. The minimum absolute atomic E-state index is 0.0955. The number of hydrogen-bond donors (Lipinski definition) is 1. The van der Waals surface area contributed by atoms with Crippen molar-refractivity contribution < 1.29 is 8.42 Å². The van der Waals surface area contributed by atoms with Gasteiger partial charge in [0.25, 0.3) is 15.2 Å². The molecule has 1 aromatic carbocycles. The van der Waals surface area contributed by atoms with Gasteiger partial charge in [0, 0.05) is 13.1 Å². The van der Waals surface area contributed by atoms with Gasteiger partial charge in [0.05, 0.1) is 0 Å². The van der Waals surface area contributed by atoms with Gasteiger partial charge in [-0.25, -0.2) is 18.5 Å². The Morgan fingerprint density at radius 1 is 1.22 bits per heavy atom. The zero-order valence-corrected chi connectivity index (χ0v) is 10.4. The number of sulfonamides is 1. The zero-order chi connectivity index (χ0) is 12.6. The van der Waals surface area contributed by atoms with Crippen LogP contribution in [0.4, 0.5) is 0 Å². The summed E-state index contributed by atoms with van der Waals surface area (Å²) in [6, 6.07) is 7.88. The van der Waals surface area contributed by atoms with Crippen LogP contribution >= 0.6 is 0 Å². The fraction of sp³-hybridized carbons (Fsp3) is 0.273. The summed E-state index contributed by atoms with van der Waals surface area (Å²) in [6.45, 7) is 0.860. The lowest BCUT2D eigenvalue weighted by atomic mass is 10.0. The van der Waals surface area contributed by atoms with Crippen LogP contribution in [0.5, 0.6) is 0 Å². The maximum Gasteiger partial charge on any atom is 0.278 e. The molecule has 94 valence electrons. The third-order valence-corrected chi connectivity index (χ3v) is 4.75. The minimum atomic E-state index is -3.56. The molecule has 7 heteroatoms. The van der Waals surface area contributed by atoms with Gasteiger partial charge in [0.2, 0.25) is 0 Å². The number of aromatic nitrogens is 3. The number of benzene rings is 1. The third-order valence-electron chi connectivity index (χ3n) is 3.07. The molecule has 0 saturated carbocycles. The van der Waals surface area contributed by atoms with E-state index in [2.05, 4.69) is 15.2 Å². The fourth-order valence-electron chi connectivity index (χ4n) is 2.12. The third kappa shape index (κ3) is 1.81. The van der Waals surface area contributed by atoms with E-state index in [0.29, 0.717) is 13.1 Å². The SMILES string of the molecule is O=S(=O)(c1ncn[nH]1)N1CCc2ccccc2C1. The Labute approximate surface area is 105 Å². The zero-order valence-electron chi connectivity index (χ0n) is 9.57. The second kappa shape index (κ2) is 4.18. The molecule has 0 fully saturated rings. The summed E-state index contributed by atoms with van der Waals surface area (Å²) >= 11 is 0. The van der Waals surface area contributed by atoms with Crippen molar-refractivity contribution in [3.05, 3.63) is 41.7 Å². The van der Waals surface area contributed by atoms with Crippen LogP contribution in [0.1, 0.15) is 11.1 Å². The van der Waals surface area contributed by atoms with Crippen molar-refractivity contribution in [3.63, 3.8) is 0 Å². The Morgan fingerprint density at radius 2 is 2.00 bits per heavy atom. The summed E-state index contributed by atoms with van der Waals surface area (Å²) in [6.07, 6.45) is 1.92. The van der Waals surface area contributed by atoms with Crippen molar-refractivity contribution in [1.29, 1.82) is 0 Å². The second-order valence-electron chi connectivity index (χ2n) is 4.15. The molecular weight excluding hydrogens is 252 g/mol. The van der Waals surface area contributed by atoms with E-state index in [4.69, 9.17) is 0 Å². The molecule has 2 aromatic rings. The molecule has 6 nitrogen and oxygen atoms in total. The van der Waals surface area contributed by atoms with Gasteiger partial charge < -0.3 is 0 Å². The monoisotopic (exact) mass is 264 g/mol. The lowest BCUT2D eigenvalue weighted by Crippen LogP contribution is -2.36. The molecule has 0 unspecified atom stereocenters. The van der Waals surface area contributed by atoms with Gasteiger partial charge in [-0.15, -0.1) is 0 Å². The second-order valence-corrected chi connectivity index (χ2v) is 6.00. The summed E-state index contributed by atoms with van der Waals surface area (Å²) < 4.78 is 25.9. The first-order valence-electron chi connectivity index (χ1n) is 5.60. The Kier molecular flexibility index (Phi) is 2.64. The Bertz CT molecular complexity index is 651. The van der Waals surface area contributed by atoms with Crippen LogP contribution in [0, 0.1) is 0 Å². The normalized spacial score (nSPS) is 16.4. The molecule has 1 aromatic heterocycles. The van der Waals surface area contributed by atoms with E-state index in [0.717, 1.165) is 12.0 Å². The van der Waals surface area contributed by atoms with Crippen LogP contribution in [0.25, 0.3) is 0 Å². The molecule has 0 radical (unpaired) electrons. The number of fused-ring (bicyclic) bond motifs is 1. The molecule has 18 heavy (non-hydrogen) atoms. The maximum atomic E-state index is 12.3. The minimum Gasteiger partial charge on any atom is -0.249 e. The van der Waals surface area contributed by atoms with Crippen LogP contribution < -0.4 is 0 Å². The molecule has 1 aliphatic rings. The van der Waals surface area contributed by atoms with Crippen LogP contribution in [0.3, 0.4) is 0 Å². The van der Waals surface area contributed by atoms with Crippen LogP contribution in [0.2, 0.25) is 0 Å². The van der Waals surface area contributed by atoms with Gasteiger partial charge in [-0.3, -0.25) is 0 Å². The topological polar surface area (TPSA) is 79.0 Å². The van der Waals surface area contributed by atoms with E-state index in [-0.39, 0.29) is 5.16 Å². The Hall–Kier alpha value is -1.73. The largest absolute Gasteiger partial charge is 0.278 e. The van der Waals surface area contributed by atoms with Crippen molar-refractivity contribution in [2.45, 2.75) is 18.1 Å². The van der Waals surface area contributed by atoms with Gasteiger partial charge >= 0.3 is 0 Å². The van der Waals surface area contributed by atoms with Gasteiger partial charge in [0.15, 0.2) is 0 Å². The first kappa shape index (κ1) is 11.4. The quantitative estimate of drug-likeness (QED) is 0.859. The molecule has 0 atom stereocenters. The van der Waals surface area contributed by atoms with Crippen LogP contribution in [0.15, 0.2) is 35.7 Å². The van der Waals surface area contributed by atoms with E-state index < -0.39 is 10.0 Å². The van der Waals surface area contributed by atoms with Crippen LogP contribution in [-0.4, -0.2) is 34.4 Å². The van der Waals surface area contributed by atoms with E-state index in [1.54, 1.807) is 0 Å². The summed E-state index contributed by atoms with van der Waals surface area (Å²) in [5.41, 5.74) is 2.26. The fourth-order valence-corrected chi connectivity index (χ4v) is 3.35. The Morgan fingerprint density at radius 3 is 2.72 bits per heavy atom. The van der Waals surface area contributed by atoms with E-state index in [1.165, 1.54) is 16.2 Å². The summed E-state index contributed by atoms with van der Waals surface area (Å²) in [7, 11) is -3.56. The molecule has 1 N–H and O–H groups in total. The van der Waals surface area contributed by atoms with Gasteiger partial charge in [-0.1, -0.05) is 24.3 Å². The smallest absolute Gasteiger partial charge is 0.249 e. The highest BCUT2D eigenvalue weighted by molar-refractivity contribution is 7.88. The lowest BCUT2D eigenvalue weighted by molar-refractivity contribution is 0.387. The van der Waals surface area contributed by atoms with Crippen molar-refractivity contribution in [3.8, 4) is 0 Å². The average Bonchev–Trinajstić information content (AvgIpc) is 2.92. The molecule has 0 amide bonds. The first-order chi connectivity index (χ1) is 8.68. The van der Waals surface area contributed by atoms with E-state index >= 15 is 0 Å². The molecular formula is C11H12N4O2S. The highest BCUT2D eigenvalue weighted by atomic mass is 32.2. The molecule has 0 aliphatic carbocycles. The molecule has 0 spiro atoms. The predicted octanol–water partition coefficient (Wildman–Crippen LogP) is 0.552. The number of rotatable bonds is 2. The van der Waals surface area contributed by atoms with Gasteiger partial charge in [0.1, 0.15) is 6.33 Å². The van der Waals surface area contributed by atoms with Crippen LogP contribution in [-0.2, 0) is 23.0 Å². The number of nitrogens with zero attached hydrogens (tertiary/aromatic N) is 3. The van der Waals surface area contributed by atoms with Crippen molar-refractivity contribution >= 4 is 10.0 Å². The number of H-pyrrole nitrogens is 1. The van der Waals surface area contributed by atoms with E-state index in [9.17, 15) is 8.42 Å². The van der Waals surface area contributed by atoms with Crippen molar-refractivity contribution in [2.24, 2.45) is 0 Å². The average molecular weight is 264 g/mol. The Balaban J connectivity index is 1.93. The number of aromatic amines is 1. The highest BCUT2D eigenvalue weighted by Crippen LogP contribution is 2.22. The highest BCUT2D eigenvalue weighted by Gasteiger charge is 2.30. The first-order valence-corrected chi connectivity index (χ1v) is 7.04. The number of hydrogen-bond acceptors (Lipinski definition) is 4. The van der Waals surface area contributed by atoms with E-state index in [1.807, 2.05) is 24.3 Å². The van der Waals surface area contributed by atoms with Gasteiger partial charge in [-0.05, 0) is 17.5 Å². The predicted molar refractivity (Wildman–Crippen MR) is 64.1 cm³/mol. The van der Waals surface area contributed by atoms with Crippen molar-refractivity contribution in [2.75, 3.05) is 6.54 Å². The molecule has 0 bridgehead atoms. The maximum absolute atomic E-state index is 12.3. The summed E-state index contributed by atoms with van der Waals surface area (Å²) in [4.78, 5) is 3.72. The molecule has 3 rings (SSSR count). The summed E-state index contributed by atoms with van der Waals surface area (Å²) in [5.74, 6) is 0.